The summed E-state index contributed by atoms with van der Waals surface area (Å²) in [4.78, 5) is 0. The lowest BCUT2D eigenvalue weighted by Gasteiger charge is -2.15. The van der Waals surface area contributed by atoms with E-state index in [0.717, 1.165) is 0 Å². The molecule has 0 aliphatic carbocycles. The van der Waals surface area contributed by atoms with Crippen LogP contribution in [0, 0.1) is 0 Å². The molecule has 0 unspecified atom stereocenters. The third kappa shape index (κ3) is 8.33. The van der Waals surface area contributed by atoms with Gasteiger partial charge in [0, 0.05) is 4.75 Å². The standard InChI is InChI=1S/C5H13BO2S/c1-5(2,9)3-4-6(7)8/h7-9H,3-4H2,1-2H3. The van der Waals surface area contributed by atoms with Crippen molar-refractivity contribution in [2.75, 3.05) is 0 Å². The molecule has 0 radical (unpaired) electrons. The third-order valence-corrected chi connectivity index (χ3v) is 1.24. The van der Waals surface area contributed by atoms with Gasteiger partial charge >= 0.3 is 7.12 Å². The lowest BCUT2D eigenvalue weighted by Crippen LogP contribution is -2.17. The van der Waals surface area contributed by atoms with E-state index in [2.05, 4.69) is 12.6 Å². The summed E-state index contributed by atoms with van der Waals surface area (Å²) >= 11 is 4.21. The summed E-state index contributed by atoms with van der Waals surface area (Å²) in [7, 11) is -1.18. The molecule has 0 aliphatic heterocycles. The minimum atomic E-state index is -1.18. The second-order valence-electron chi connectivity index (χ2n) is 2.83. The number of rotatable bonds is 3. The number of hydrogen-bond acceptors (Lipinski definition) is 3. The lowest BCUT2D eigenvalue weighted by atomic mass is 9.81. The lowest BCUT2D eigenvalue weighted by molar-refractivity contribution is 0.399. The molecular formula is C5H13BO2S. The predicted octanol–water partition coefficient (Wildman–Crippen LogP) is 0.558. The van der Waals surface area contributed by atoms with Gasteiger partial charge in [0.25, 0.3) is 0 Å². The summed E-state index contributed by atoms with van der Waals surface area (Å²) in [6.45, 7) is 3.89. The molecule has 0 rings (SSSR count). The Morgan fingerprint density at radius 3 is 2.00 bits per heavy atom. The zero-order valence-electron chi connectivity index (χ0n) is 5.83. The summed E-state index contributed by atoms with van der Waals surface area (Å²) in [6, 6.07) is 0. The van der Waals surface area contributed by atoms with E-state index >= 15 is 0 Å². The Morgan fingerprint density at radius 2 is 1.89 bits per heavy atom. The fourth-order valence-electron chi connectivity index (χ4n) is 0.482. The van der Waals surface area contributed by atoms with E-state index < -0.39 is 7.12 Å². The van der Waals surface area contributed by atoms with Gasteiger partial charge in [-0.15, -0.1) is 0 Å². The van der Waals surface area contributed by atoms with Gasteiger partial charge in [0.2, 0.25) is 0 Å². The first-order chi connectivity index (χ1) is 3.92. The molecule has 4 heteroatoms. The van der Waals surface area contributed by atoms with Gasteiger partial charge in [0.1, 0.15) is 0 Å². The average molecular weight is 148 g/mol. The third-order valence-electron chi connectivity index (χ3n) is 1.01. The molecule has 2 N–H and O–H groups in total. The first-order valence-corrected chi connectivity index (χ1v) is 3.45. The highest BCUT2D eigenvalue weighted by molar-refractivity contribution is 7.81. The van der Waals surface area contributed by atoms with Crippen LogP contribution in [0.4, 0.5) is 0 Å². The molecule has 0 amide bonds. The average Bonchev–Trinajstić information content (AvgIpc) is 1.59. The van der Waals surface area contributed by atoms with Gasteiger partial charge < -0.3 is 10.0 Å². The van der Waals surface area contributed by atoms with Crippen molar-refractivity contribution in [3.05, 3.63) is 0 Å². The smallest absolute Gasteiger partial charge is 0.427 e. The highest BCUT2D eigenvalue weighted by Gasteiger charge is 2.15. The Hall–Kier alpha value is 0.335. The Labute approximate surface area is 61.8 Å². The zero-order chi connectivity index (χ0) is 7.49. The molecule has 54 valence electrons. The monoisotopic (exact) mass is 148 g/mol. The van der Waals surface area contributed by atoms with Crippen molar-refractivity contribution in [1.29, 1.82) is 0 Å². The van der Waals surface area contributed by atoms with Crippen LogP contribution in [-0.2, 0) is 0 Å². The molecule has 0 aromatic heterocycles. The van der Waals surface area contributed by atoms with Crippen LogP contribution < -0.4 is 0 Å². The molecule has 0 spiro atoms. The van der Waals surface area contributed by atoms with Gasteiger partial charge in [-0.2, -0.15) is 12.6 Å². The predicted molar refractivity (Wildman–Crippen MR) is 42.7 cm³/mol. The van der Waals surface area contributed by atoms with Crippen molar-refractivity contribution in [3.8, 4) is 0 Å². The summed E-state index contributed by atoms with van der Waals surface area (Å²) in [5.41, 5.74) is 0. The minimum absolute atomic E-state index is 0.0935. The molecule has 2 nitrogen and oxygen atoms in total. The molecule has 9 heavy (non-hydrogen) atoms. The largest absolute Gasteiger partial charge is 0.451 e. The van der Waals surface area contributed by atoms with Gasteiger partial charge in [-0.05, 0) is 12.7 Å². The minimum Gasteiger partial charge on any atom is -0.427 e. The quantitative estimate of drug-likeness (QED) is 0.404. The molecule has 0 saturated carbocycles. The van der Waals surface area contributed by atoms with Crippen LogP contribution in [0.5, 0.6) is 0 Å². The molecule has 0 aromatic rings. The molecule has 0 aromatic carbocycles. The number of thiol groups is 1. The summed E-state index contributed by atoms with van der Waals surface area (Å²) in [5.74, 6) is 0. The SMILES string of the molecule is CC(C)(S)CCB(O)O. The Kier molecular flexibility index (Phi) is 3.62. The van der Waals surface area contributed by atoms with Crippen molar-refractivity contribution in [2.45, 2.75) is 31.3 Å². The molecule has 0 atom stereocenters. The Bertz CT molecular complexity index is 79.5. The van der Waals surface area contributed by atoms with Crippen molar-refractivity contribution < 1.29 is 10.0 Å². The zero-order valence-corrected chi connectivity index (χ0v) is 6.73. The molecule has 0 heterocycles. The van der Waals surface area contributed by atoms with Crippen molar-refractivity contribution >= 4 is 19.7 Å². The van der Waals surface area contributed by atoms with Crippen molar-refractivity contribution in [3.63, 3.8) is 0 Å². The van der Waals surface area contributed by atoms with Crippen LogP contribution >= 0.6 is 12.6 Å². The normalized spacial score (nSPS) is 11.7. The maximum atomic E-state index is 8.44. The second kappa shape index (κ2) is 3.49. The fraction of sp³-hybridized carbons (Fsp3) is 1.00. The van der Waals surface area contributed by atoms with E-state index in [1.54, 1.807) is 0 Å². The number of hydrogen-bond donors (Lipinski definition) is 3. The van der Waals surface area contributed by atoms with Crippen LogP contribution in [-0.4, -0.2) is 21.9 Å². The summed E-state index contributed by atoms with van der Waals surface area (Å²) < 4.78 is -0.0935. The highest BCUT2D eigenvalue weighted by atomic mass is 32.1. The fourth-order valence-corrected chi connectivity index (χ4v) is 0.611. The molecule has 0 fully saturated rings. The van der Waals surface area contributed by atoms with E-state index in [0.29, 0.717) is 12.7 Å². The van der Waals surface area contributed by atoms with E-state index in [1.807, 2.05) is 13.8 Å². The first-order valence-electron chi connectivity index (χ1n) is 3.00. The van der Waals surface area contributed by atoms with E-state index in [-0.39, 0.29) is 4.75 Å². The van der Waals surface area contributed by atoms with Crippen molar-refractivity contribution in [1.82, 2.24) is 0 Å². The van der Waals surface area contributed by atoms with Crippen LogP contribution in [0.25, 0.3) is 0 Å². The Balaban J connectivity index is 3.28. The highest BCUT2D eigenvalue weighted by Crippen LogP contribution is 2.19. The second-order valence-corrected chi connectivity index (χ2v) is 4.04. The van der Waals surface area contributed by atoms with Gasteiger partial charge in [0.15, 0.2) is 0 Å². The van der Waals surface area contributed by atoms with Gasteiger partial charge in [-0.3, -0.25) is 0 Å². The van der Waals surface area contributed by atoms with Crippen LogP contribution in [0.15, 0.2) is 0 Å². The van der Waals surface area contributed by atoms with Gasteiger partial charge in [-0.25, -0.2) is 0 Å². The maximum Gasteiger partial charge on any atom is 0.451 e. The maximum absolute atomic E-state index is 8.44. The van der Waals surface area contributed by atoms with Crippen LogP contribution in [0.3, 0.4) is 0 Å². The first kappa shape index (κ1) is 9.33. The molecule has 0 saturated heterocycles. The molecular weight excluding hydrogens is 135 g/mol. The van der Waals surface area contributed by atoms with E-state index in [1.165, 1.54) is 0 Å². The van der Waals surface area contributed by atoms with E-state index in [9.17, 15) is 0 Å². The Morgan fingerprint density at radius 1 is 1.44 bits per heavy atom. The molecule has 0 bridgehead atoms. The summed E-state index contributed by atoms with van der Waals surface area (Å²) in [6.07, 6.45) is 1.12. The molecule has 0 aliphatic rings. The van der Waals surface area contributed by atoms with Gasteiger partial charge in [-0.1, -0.05) is 13.8 Å². The summed E-state index contributed by atoms with van der Waals surface area (Å²) in [5, 5.41) is 16.9. The van der Waals surface area contributed by atoms with E-state index in [4.69, 9.17) is 10.0 Å². The topological polar surface area (TPSA) is 40.5 Å². The van der Waals surface area contributed by atoms with Crippen LogP contribution in [0.1, 0.15) is 20.3 Å². The van der Waals surface area contributed by atoms with Crippen molar-refractivity contribution in [2.24, 2.45) is 0 Å². The van der Waals surface area contributed by atoms with Gasteiger partial charge in [0.05, 0.1) is 0 Å². The van der Waals surface area contributed by atoms with Crippen LogP contribution in [0.2, 0.25) is 6.32 Å².